The van der Waals surface area contributed by atoms with Crippen molar-refractivity contribution in [3.63, 3.8) is 0 Å². The predicted octanol–water partition coefficient (Wildman–Crippen LogP) is 3.81. The van der Waals surface area contributed by atoms with Crippen LogP contribution in [-0.4, -0.2) is 17.4 Å². The molecule has 0 aromatic heterocycles. The Morgan fingerprint density at radius 2 is 2.04 bits per heavy atom. The molecule has 0 heterocycles. The van der Waals surface area contributed by atoms with Gasteiger partial charge in [-0.1, -0.05) is 29.8 Å². The van der Waals surface area contributed by atoms with Crippen molar-refractivity contribution in [2.75, 3.05) is 6.61 Å². The molecule has 126 valence electrons. The third-order valence-corrected chi connectivity index (χ3v) is 3.83. The highest BCUT2D eigenvalue weighted by Gasteiger charge is 2.14. The van der Waals surface area contributed by atoms with Gasteiger partial charge in [0.15, 0.2) is 6.61 Å². The Balaban J connectivity index is 1.93. The number of nitrogens with one attached hydrogen (secondary N) is 1. The van der Waals surface area contributed by atoms with Crippen molar-refractivity contribution in [3.8, 4) is 5.75 Å². The molecule has 0 aliphatic carbocycles. The molecular weight excluding hydrogens is 332 g/mol. The van der Waals surface area contributed by atoms with Crippen molar-refractivity contribution < 1.29 is 14.5 Å². The summed E-state index contributed by atoms with van der Waals surface area (Å²) in [6.07, 6.45) is 0. The average Bonchev–Trinajstić information content (AvgIpc) is 2.53. The average molecular weight is 349 g/mol. The smallest absolute Gasteiger partial charge is 0.272 e. The summed E-state index contributed by atoms with van der Waals surface area (Å²) >= 11 is 6.10. The largest absolute Gasteiger partial charge is 0.484 e. The molecule has 0 spiro atoms. The summed E-state index contributed by atoms with van der Waals surface area (Å²) in [6.45, 7) is 3.26. The number of ether oxygens (including phenoxy) is 1. The molecule has 2 aromatic carbocycles. The fourth-order valence-electron chi connectivity index (χ4n) is 2.26. The van der Waals surface area contributed by atoms with Crippen LogP contribution in [0.3, 0.4) is 0 Å². The monoisotopic (exact) mass is 348 g/mol. The first-order valence-corrected chi connectivity index (χ1v) is 7.68. The van der Waals surface area contributed by atoms with Gasteiger partial charge in [0.1, 0.15) is 5.75 Å². The van der Waals surface area contributed by atoms with Gasteiger partial charge >= 0.3 is 0 Å². The second-order valence-corrected chi connectivity index (χ2v) is 5.71. The van der Waals surface area contributed by atoms with Crippen LogP contribution in [0.25, 0.3) is 0 Å². The van der Waals surface area contributed by atoms with Crippen LogP contribution in [0.15, 0.2) is 42.5 Å². The van der Waals surface area contributed by atoms with E-state index < -0.39 is 4.92 Å². The summed E-state index contributed by atoms with van der Waals surface area (Å²) in [5.41, 5.74) is 1.31. The second-order valence-electron chi connectivity index (χ2n) is 5.30. The Morgan fingerprint density at radius 3 is 2.67 bits per heavy atom. The third-order valence-electron chi connectivity index (χ3n) is 3.48. The molecule has 1 amide bonds. The molecule has 24 heavy (non-hydrogen) atoms. The number of benzene rings is 2. The van der Waals surface area contributed by atoms with Crippen LogP contribution in [0.4, 0.5) is 5.69 Å². The number of rotatable bonds is 6. The number of nitro groups is 1. The van der Waals surface area contributed by atoms with E-state index >= 15 is 0 Å². The lowest BCUT2D eigenvalue weighted by Gasteiger charge is -2.16. The lowest BCUT2D eigenvalue weighted by atomic mass is 10.1. The minimum atomic E-state index is -0.461. The van der Waals surface area contributed by atoms with Gasteiger partial charge in [-0.2, -0.15) is 0 Å². The van der Waals surface area contributed by atoms with E-state index in [1.165, 1.54) is 18.2 Å². The zero-order valence-corrected chi connectivity index (χ0v) is 14.0. The molecule has 1 atom stereocenters. The first-order chi connectivity index (χ1) is 11.4. The van der Waals surface area contributed by atoms with Crippen molar-refractivity contribution >= 4 is 23.2 Å². The Kier molecular flexibility index (Phi) is 5.76. The minimum absolute atomic E-state index is 0.0131. The van der Waals surface area contributed by atoms with Gasteiger partial charge in [-0.3, -0.25) is 14.9 Å². The summed E-state index contributed by atoms with van der Waals surface area (Å²) in [4.78, 5) is 22.3. The number of halogens is 1. The van der Waals surface area contributed by atoms with E-state index in [4.69, 9.17) is 16.3 Å². The number of hydrogen-bond donors (Lipinski definition) is 1. The van der Waals surface area contributed by atoms with Crippen LogP contribution < -0.4 is 10.1 Å². The lowest BCUT2D eigenvalue weighted by Crippen LogP contribution is -2.31. The molecule has 0 aliphatic heterocycles. The van der Waals surface area contributed by atoms with Gasteiger partial charge in [-0.05, 0) is 37.6 Å². The number of nitrogens with zero attached hydrogens (tertiary/aromatic N) is 1. The van der Waals surface area contributed by atoms with Crippen molar-refractivity contribution in [2.24, 2.45) is 0 Å². The van der Waals surface area contributed by atoms with E-state index in [2.05, 4.69) is 5.32 Å². The molecule has 1 unspecified atom stereocenters. The molecule has 0 fully saturated rings. The van der Waals surface area contributed by atoms with Gasteiger partial charge in [0.05, 0.1) is 11.0 Å². The molecule has 0 saturated carbocycles. The molecule has 0 saturated heterocycles. The Hall–Kier alpha value is -2.60. The maximum absolute atomic E-state index is 12.0. The quantitative estimate of drug-likeness (QED) is 0.635. The second kappa shape index (κ2) is 7.79. The van der Waals surface area contributed by atoms with E-state index in [1.807, 2.05) is 25.1 Å². The topological polar surface area (TPSA) is 81.5 Å². The summed E-state index contributed by atoms with van der Waals surface area (Å²) in [5.74, 6) is 0.0945. The highest BCUT2D eigenvalue weighted by Crippen LogP contribution is 2.24. The van der Waals surface area contributed by atoms with Crippen LogP contribution in [0.1, 0.15) is 24.1 Å². The van der Waals surface area contributed by atoms with E-state index in [0.29, 0.717) is 16.3 Å². The predicted molar refractivity (Wildman–Crippen MR) is 91.3 cm³/mol. The summed E-state index contributed by atoms with van der Waals surface area (Å²) < 4.78 is 5.38. The maximum Gasteiger partial charge on any atom is 0.272 e. The van der Waals surface area contributed by atoms with Crippen LogP contribution >= 0.6 is 11.6 Å². The number of carbonyl (C=O) groups excluding carboxylic acids is 1. The fourth-order valence-corrected chi connectivity index (χ4v) is 2.56. The molecule has 2 aromatic rings. The van der Waals surface area contributed by atoms with Crippen molar-refractivity contribution in [2.45, 2.75) is 19.9 Å². The molecule has 2 rings (SSSR count). The zero-order chi connectivity index (χ0) is 17.7. The molecule has 7 heteroatoms. The van der Waals surface area contributed by atoms with Crippen LogP contribution in [0, 0.1) is 17.0 Å². The zero-order valence-electron chi connectivity index (χ0n) is 13.3. The molecule has 0 aliphatic rings. The molecule has 0 radical (unpaired) electrons. The molecular formula is C17H17ClN2O4. The van der Waals surface area contributed by atoms with Crippen molar-refractivity contribution in [1.29, 1.82) is 0 Å². The Bertz CT molecular complexity index is 764. The summed E-state index contributed by atoms with van der Waals surface area (Å²) in [5, 5.41) is 14.1. The summed E-state index contributed by atoms with van der Waals surface area (Å²) in [6, 6.07) is 11.4. The standard InChI is InChI=1S/C17H17ClN2O4/c1-11-9-13(7-8-16(11)20(22)23)24-10-17(21)19-12(2)14-5-3-4-6-15(14)18/h3-9,12H,10H2,1-2H3,(H,19,21). The van der Waals surface area contributed by atoms with Gasteiger partial charge in [-0.15, -0.1) is 0 Å². The number of aryl methyl sites for hydroxylation is 1. The van der Waals surface area contributed by atoms with Gasteiger partial charge in [-0.25, -0.2) is 0 Å². The Morgan fingerprint density at radius 1 is 1.33 bits per heavy atom. The van der Waals surface area contributed by atoms with Gasteiger partial charge < -0.3 is 10.1 Å². The first kappa shape index (κ1) is 17.7. The number of amides is 1. The van der Waals surface area contributed by atoms with Crippen molar-refractivity contribution in [1.82, 2.24) is 5.32 Å². The number of nitro benzene ring substituents is 1. The fraction of sp³-hybridized carbons (Fsp3) is 0.235. The van der Waals surface area contributed by atoms with E-state index in [-0.39, 0.29) is 24.2 Å². The maximum atomic E-state index is 12.0. The lowest BCUT2D eigenvalue weighted by molar-refractivity contribution is -0.385. The molecule has 0 bridgehead atoms. The van der Waals surface area contributed by atoms with Gasteiger partial charge in [0.2, 0.25) is 0 Å². The molecule has 6 nitrogen and oxygen atoms in total. The van der Waals surface area contributed by atoms with E-state index in [0.717, 1.165) is 5.56 Å². The van der Waals surface area contributed by atoms with Crippen LogP contribution in [-0.2, 0) is 4.79 Å². The normalized spacial score (nSPS) is 11.6. The first-order valence-electron chi connectivity index (χ1n) is 7.30. The Labute approximate surface area is 144 Å². The van der Waals surface area contributed by atoms with Gasteiger partial charge in [0, 0.05) is 16.7 Å². The number of carbonyl (C=O) groups is 1. The highest BCUT2D eigenvalue weighted by molar-refractivity contribution is 6.31. The van der Waals surface area contributed by atoms with E-state index in [1.54, 1.807) is 13.0 Å². The molecule has 1 N–H and O–H groups in total. The van der Waals surface area contributed by atoms with Crippen LogP contribution in [0.5, 0.6) is 5.75 Å². The van der Waals surface area contributed by atoms with E-state index in [9.17, 15) is 14.9 Å². The SMILES string of the molecule is Cc1cc(OCC(=O)NC(C)c2ccccc2Cl)ccc1[N+](=O)[O-]. The third kappa shape index (κ3) is 4.45. The highest BCUT2D eigenvalue weighted by atomic mass is 35.5. The summed E-state index contributed by atoms with van der Waals surface area (Å²) in [7, 11) is 0. The number of hydrogen-bond acceptors (Lipinski definition) is 4. The minimum Gasteiger partial charge on any atom is -0.484 e. The van der Waals surface area contributed by atoms with Gasteiger partial charge in [0.25, 0.3) is 11.6 Å². The van der Waals surface area contributed by atoms with Crippen LogP contribution in [0.2, 0.25) is 5.02 Å². The van der Waals surface area contributed by atoms with Crippen molar-refractivity contribution in [3.05, 3.63) is 68.7 Å².